The van der Waals surface area contributed by atoms with Gasteiger partial charge in [-0.1, -0.05) is 29.8 Å². The molecule has 2 rings (SSSR count). The molecule has 0 saturated heterocycles. The first-order valence-corrected chi connectivity index (χ1v) is 12.7. The fraction of sp³-hybridized carbons (Fsp3) is 0.316. The molecule has 8 nitrogen and oxygen atoms in total. The van der Waals surface area contributed by atoms with E-state index in [0.717, 1.165) is 0 Å². The Hall–Kier alpha value is -1.90. The Morgan fingerprint density at radius 3 is 2.20 bits per heavy atom. The Balaban J connectivity index is 2.27. The maximum Gasteiger partial charge on any atom is 0.335 e. The Kier molecular flexibility index (Phi) is 8.46. The number of carbonyl (C=O) groups excluding carboxylic acids is 1. The average molecular weight is 475 g/mol. The second-order valence-electron chi connectivity index (χ2n) is 6.10. The summed E-state index contributed by atoms with van der Waals surface area (Å²) >= 11 is 6.07. The minimum Gasteiger partial charge on any atom is -0.355 e. The van der Waals surface area contributed by atoms with Gasteiger partial charge < -0.3 is 14.4 Å². The number of nitrogens with one attached hydrogen (secondary N) is 2. The maximum atomic E-state index is 12.8. The Labute approximate surface area is 181 Å². The van der Waals surface area contributed by atoms with Crippen LogP contribution in [0.4, 0.5) is 5.69 Å². The van der Waals surface area contributed by atoms with E-state index in [1.54, 1.807) is 13.8 Å². The number of amides is 1. The zero-order valence-corrected chi connectivity index (χ0v) is 19.3. The second kappa shape index (κ2) is 10.4. The third-order valence-electron chi connectivity index (χ3n) is 3.97. The molecule has 0 saturated carbocycles. The number of anilines is 1. The van der Waals surface area contributed by atoms with E-state index < -0.39 is 23.5 Å². The van der Waals surface area contributed by atoms with Crippen molar-refractivity contribution in [1.29, 1.82) is 0 Å². The van der Waals surface area contributed by atoms with Crippen LogP contribution in [0.2, 0.25) is 5.02 Å². The molecule has 164 valence electrons. The van der Waals surface area contributed by atoms with Crippen LogP contribution >= 0.6 is 19.2 Å². The molecule has 1 amide bonds. The lowest BCUT2D eigenvalue weighted by molar-refractivity contribution is 0.0964. The zero-order valence-electron chi connectivity index (χ0n) is 16.8. The van der Waals surface area contributed by atoms with Gasteiger partial charge in [-0.3, -0.25) is 14.1 Å². The van der Waals surface area contributed by atoms with E-state index in [1.807, 2.05) is 0 Å². The van der Waals surface area contributed by atoms with Crippen molar-refractivity contribution in [3.63, 3.8) is 0 Å². The predicted octanol–water partition coefficient (Wildman–Crippen LogP) is 4.27. The van der Waals surface area contributed by atoms with Crippen LogP contribution in [0.25, 0.3) is 0 Å². The maximum absolute atomic E-state index is 12.8. The van der Waals surface area contributed by atoms with Gasteiger partial charge in [0.25, 0.3) is 15.9 Å². The molecule has 0 heterocycles. The molecule has 2 N–H and O–H groups in total. The van der Waals surface area contributed by atoms with Crippen LogP contribution in [0.3, 0.4) is 0 Å². The molecule has 11 heteroatoms. The van der Waals surface area contributed by atoms with Crippen molar-refractivity contribution in [2.24, 2.45) is 0 Å². The summed E-state index contributed by atoms with van der Waals surface area (Å²) in [4.78, 5) is 12.1. The second-order valence-corrected chi connectivity index (χ2v) is 10.2. The lowest BCUT2D eigenvalue weighted by atomic mass is 10.1. The summed E-state index contributed by atoms with van der Waals surface area (Å²) < 4.78 is 51.1. The quantitative estimate of drug-likeness (QED) is 0.497. The van der Waals surface area contributed by atoms with Crippen molar-refractivity contribution in [2.75, 3.05) is 25.0 Å². The van der Waals surface area contributed by atoms with Crippen LogP contribution < -0.4 is 10.0 Å². The highest BCUT2D eigenvalue weighted by Crippen LogP contribution is 2.51. The van der Waals surface area contributed by atoms with Crippen molar-refractivity contribution in [3.8, 4) is 0 Å². The first-order chi connectivity index (χ1) is 14.2. The molecule has 2 aromatic carbocycles. The summed E-state index contributed by atoms with van der Waals surface area (Å²) in [5.74, 6) is -0.517. The Bertz CT molecular complexity index is 1030. The van der Waals surface area contributed by atoms with Crippen molar-refractivity contribution >= 4 is 40.8 Å². The SMILES string of the molecule is CCOP(=O)(Cc1ccc(S(=O)(=O)Nc2cccc(Cl)c2C(=O)NC)cc1)OCC. The molecule has 0 fully saturated rings. The van der Waals surface area contributed by atoms with E-state index in [4.69, 9.17) is 20.6 Å². The van der Waals surface area contributed by atoms with Gasteiger partial charge >= 0.3 is 7.60 Å². The van der Waals surface area contributed by atoms with E-state index >= 15 is 0 Å². The molecule has 0 aromatic heterocycles. The third-order valence-corrected chi connectivity index (χ3v) is 7.73. The van der Waals surface area contributed by atoms with Crippen molar-refractivity contribution in [1.82, 2.24) is 5.32 Å². The molecular weight excluding hydrogens is 451 g/mol. The highest BCUT2D eigenvalue weighted by Gasteiger charge is 2.25. The Morgan fingerprint density at radius 1 is 1.07 bits per heavy atom. The molecule has 0 atom stereocenters. The summed E-state index contributed by atoms with van der Waals surface area (Å²) in [6.07, 6.45) is 0.0253. The highest BCUT2D eigenvalue weighted by molar-refractivity contribution is 7.92. The molecule has 0 unspecified atom stereocenters. The fourth-order valence-electron chi connectivity index (χ4n) is 2.69. The van der Waals surface area contributed by atoms with Crippen LogP contribution in [0.5, 0.6) is 0 Å². The summed E-state index contributed by atoms with van der Waals surface area (Å²) in [7, 11) is -5.88. The highest BCUT2D eigenvalue weighted by atomic mass is 35.5. The largest absolute Gasteiger partial charge is 0.355 e. The van der Waals surface area contributed by atoms with Crippen molar-refractivity contribution in [3.05, 3.63) is 58.6 Å². The Morgan fingerprint density at radius 2 is 1.67 bits per heavy atom. The number of hydrogen-bond donors (Lipinski definition) is 2. The van der Waals surface area contributed by atoms with Gasteiger partial charge in [0.2, 0.25) is 0 Å². The first kappa shape index (κ1) is 24.4. The minimum atomic E-state index is -4.00. The third kappa shape index (κ3) is 6.06. The topological polar surface area (TPSA) is 111 Å². The van der Waals surface area contributed by atoms with Gasteiger partial charge in [0.1, 0.15) is 0 Å². The first-order valence-electron chi connectivity index (χ1n) is 9.16. The number of sulfonamides is 1. The fourth-order valence-corrected chi connectivity index (χ4v) is 5.72. The molecule has 0 radical (unpaired) electrons. The van der Waals surface area contributed by atoms with Crippen LogP contribution in [0.15, 0.2) is 47.4 Å². The van der Waals surface area contributed by atoms with E-state index in [-0.39, 0.29) is 40.5 Å². The standard InChI is InChI=1S/C19H24ClN2O6PS/c1-4-27-29(24,28-5-2)13-14-9-11-15(12-10-14)30(25,26)22-17-8-6-7-16(20)18(17)19(23)21-3/h6-12,22H,4-5,13H2,1-3H3,(H,21,23). The van der Waals surface area contributed by atoms with Crippen LogP contribution in [-0.2, 0) is 29.8 Å². The van der Waals surface area contributed by atoms with Gasteiger partial charge in [-0.25, -0.2) is 8.42 Å². The molecule has 2 aromatic rings. The monoisotopic (exact) mass is 474 g/mol. The summed E-state index contributed by atoms with van der Waals surface area (Å²) in [5.41, 5.74) is 0.687. The van der Waals surface area contributed by atoms with Gasteiger partial charge in [0.15, 0.2) is 0 Å². The van der Waals surface area contributed by atoms with Crippen LogP contribution in [0.1, 0.15) is 29.8 Å². The number of hydrogen-bond acceptors (Lipinski definition) is 6. The van der Waals surface area contributed by atoms with E-state index in [0.29, 0.717) is 5.56 Å². The number of rotatable bonds is 10. The van der Waals surface area contributed by atoms with E-state index in [1.165, 1.54) is 49.5 Å². The number of carbonyl (C=O) groups is 1. The lowest BCUT2D eigenvalue weighted by Gasteiger charge is -2.17. The molecule has 0 bridgehead atoms. The van der Waals surface area contributed by atoms with Crippen molar-refractivity contribution in [2.45, 2.75) is 24.9 Å². The number of halogens is 1. The van der Waals surface area contributed by atoms with Gasteiger partial charge in [-0.05, 0) is 43.7 Å². The van der Waals surface area contributed by atoms with Crippen molar-refractivity contribution < 1.29 is 26.8 Å². The average Bonchev–Trinajstić information content (AvgIpc) is 2.68. The minimum absolute atomic E-state index is 0.0243. The lowest BCUT2D eigenvalue weighted by Crippen LogP contribution is -2.22. The van der Waals surface area contributed by atoms with E-state index in [9.17, 15) is 17.8 Å². The summed E-state index contributed by atoms with van der Waals surface area (Å²) in [6.45, 7) is 3.91. The number of benzene rings is 2. The molecule has 0 aliphatic heterocycles. The molecule has 0 spiro atoms. The van der Waals surface area contributed by atoms with Gasteiger partial charge in [-0.15, -0.1) is 0 Å². The summed E-state index contributed by atoms with van der Waals surface area (Å²) in [5, 5.41) is 2.55. The molecule has 30 heavy (non-hydrogen) atoms. The predicted molar refractivity (Wildman–Crippen MR) is 117 cm³/mol. The van der Waals surface area contributed by atoms with Gasteiger partial charge in [0.05, 0.1) is 40.5 Å². The smallest absolute Gasteiger partial charge is 0.335 e. The zero-order chi connectivity index (χ0) is 22.4. The summed E-state index contributed by atoms with van der Waals surface area (Å²) in [6, 6.07) is 10.3. The van der Waals surface area contributed by atoms with Crippen LogP contribution in [0, 0.1) is 0 Å². The molecular formula is C19H24ClN2O6PS. The molecule has 0 aliphatic carbocycles. The van der Waals surface area contributed by atoms with Gasteiger partial charge in [-0.2, -0.15) is 0 Å². The van der Waals surface area contributed by atoms with E-state index in [2.05, 4.69) is 10.0 Å². The normalized spacial score (nSPS) is 11.9. The molecule has 0 aliphatic rings. The van der Waals surface area contributed by atoms with Crippen LogP contribution in [-0.4, -0.2) is 34.6 Å². The van der Waals surface area contributed by atoms with Gasteiger partial charge in [0, 0.05) is 7.05 Å².